The number of nitrogens with one attached hydrogen (secondary N) is 1. The zero-order valence-electron chi connectivity index (χ0n) is 10.3. The van der Waals surface area contributed by atoms with Crippen molar-refractivity contribution in [3.63, 3.8) is 0 Å². The maximum Gasteiger partial charge on any atom is 0.224 e. The zero-order valence-corrected chi connectivity index (χ0v) is 10.3. The minimum absolute atomic E-state index is 0.300. The second-order valence-corrected chi connectivity index (χ2v) is 3.70. The topological polar surface area (TPSA) is 41.1 Å². The Balaban J connectivity index is 3.01. The molecule has 1 aromatic heterocycles. The van der Waals surface area contributed by atoms with E-state index < -0.39 is 0 Å². The fraction of sp³-hybridized carbons (Fsp3) is 0.636. The summed E-state index contributed by atoms with van der Waals surface area (Å²) in [6.45, 7) is 4.17. The van der Waals surface area contributed by atoms with E-state index in [9.17, 15) is 4.39 Å². The third-order valence-corrected chi connectivity index (χ3v) is 2.77. The van der Waals surface area contributed by atoms with Gasteiger partial charge < -0.3 is 10.2 Å². The SMILES string of the molecule is CCC(CC)N(C)c1nc(NC)ncc1F. The number of halogens is 1. The highest BCUT2D eigenvalue weighted by molar-refractivity contribution is 5.43. The summed E-state index contributed by atoms with van der Waals surface area (Å²) in [5.41, 5.74) is 0. The van der Waals surface area contributed by atoms with Crippen LogP contribution >= 0.6 is 0 Å². The van der Waals surface area contributed by atoms with Crippen LogP contribution in [0.15, 0.2) is 6.20 Å². The quantitative estimate of drug-likeness (QED) is 0.836. The van der Waals surface area contributed by atoms with Crippen LogP contribution in [0.25, 0.3) is 0 Å². The summed E-state index contributed by atoms with van der Waals surface area (Å²) in [7, 11) is 3.58. The molecule has 0 amide bonds. The molecule has 1 rings (SSSR count). The van der Waals surface area contributed by atoms with Crippen molar-refractivity contribution >= 4 is 11.8 Å². The van der Waals surface area contributed by atoms with Crippen molar-refractivity contribution in [2.75, 3.05) is 24.3 Å². The molecule has 5 heteroatoms. The van der Waals surface area contributed by atoms with E-state index in [2.05, 4.69) is 29.1 Å². The highest BCUT2D eigenvalue weighted by Crippen LogP contribution is 2.20. The average Bonchev–Trinajstić information content (AvgIpc) is 2.31. The Bertz CT molecular complexity index is 339. The summed E-state index contributed by atoms with van der Waals surface area (Å²) in [6, 6.07) is 0.300. The predicted molar refractivity (Wildman–Crippen MR) is 64.3 cm³/mol. The van der Waals surface area contributed by atoms with Gasteiger partial charge in [-0.1, -0.05) is 13.8 Å². The first kappa shape index (κ1) is 12.7. The standard InChI is InChI=1S/C11H19FN4/c1-5-8(6-2)16(4)10-9(12)7-14-11(13-3)15-10/h7-8H,5-6H2,1-4H3,(H,13,14,15). The van der Waals surface area contributed by atoms with Gasteiger partial charge in [-0.05, 0) is 12.8 Å². The Morgan fingerprint density at radius 3 is 2.56 bits per heavy atom. The number of rotatable bonds is 5. The Morgan fingerprint density at radius 1 is 1.44 bits per heavy atom. The number of anilines is 2. The molecule has 0 atom stereocenters. The summed E-state index contributed by atoms with van der Waals surface area (Å²) in [4.78, 5) is 9.84. The lowest BCUT2D eigenvalue weighted by molar-refractivity contribution is 0.555. The summed E-state index contributed by atoms with van der Waals surface area (Å²) >= 11 is 0. The summed E-state index contributed by atoms with van der Waals surface area (Å²) in [6.07, 6.45) is 3.13. The predicted octanol–water partition coefficient (Wildman–Crippen LogP) is 2.28. The fourth-order valence-corrected chi connectivity index (χ4v) is 1.74. The van der Waals surface area contributed by atoms with E-state index in [1.807, 2.05) is 11.9 Å². The van der Waals surface area contributed by atoms with Crippen LogP contribution < -0.4 is 10.2 Å². The summed E-state index contributed by atoms with van der Waals surface area (Å²) in [5.74, 6) is 0.413. The molecule has 0 aromatic carbocycles. The smallest absolute Gasteiger partial charge is 0.224 e. The molecule has 0 aliphatic heterocycles. The van der Waals surface area contributed by atoms with Gasteiger partial charge in [0, 0.05) is 20.1 Å². The lowest BCUT2D eigenvalue weighted by Crippen LogP contribution is -2.32. The zero-order chi connectivity index (χ0) is 12.1. The maximum absolute atomic E-state index is 13.6. The van der Waals surface area contributed by atoms with Crippen LogP contribution in [0.2, 0.25) is 0 Å². The molecule has 1 heterocycles. The van der Waals surface area contributed by atoms with E-state index in [-0.39, 0.29) is 5.82 Å². The van der Waals surface area contributed by atoms with Gasteiger partial charge in [0.1, 0.15) is 0 Å². The van der Waals surface area contributed by atoms with Crippen molar-refractivity contribution in [2.24, 2.45) is 0 Å². The minimum atomic E-state index is -0.381. The van der Waals surface area contributed by atoms with E-state index in [4.69, 9.17) is 0 Å². The monoisotopic (exact) mass is 226 g/mol. The van der Waals surface area contributed by atoms with Crippen LogP contribution in [0.3, 0.4) is 0 Å². The second kappa shape index (κ2) is 5.63. The Hall–Kier alpha value is -1.39. The molecule has 16 heavy (non-hydrogen) atoms. The minimum Gasteiger partial charge on any atom is -0.357 e. The van der Waals surface area contributed by atoms with Crippen molar-refractivity contribution in [3.05, 3.63) is 12.0 Å². The third kappa shape index (κ3) is 2.59. The van der Waals surface area contributed by atoms with Crippen molar-refractivity contribution in [1.82, 2.24) is 9.97 Å². The van der Waals surface area contributed by atoms with Crippen molar-refractivity contribution in [3.8, 4) is 0 Å². The fourth-order valence-electron chi connectivity index (χ4n) is 1.74. The largest absolute Gasteiger partial charge is 0.357 e. The summed E-state index contributed by atoms with van der Waals surface area (Å²) < 4.78 is 13.6. The first-order valence-corrected chi connectivity index (χ1v) is 5.57. The van der Waals surface area contributed by atoms with Crippen LogP contribution in [-0.2, 0) is 0 Å². The van der Waals surface area contributed by atoms with E-state index in [1.54, 1.807) is 7.05 Å². The molecular formula is C11H19FN4. The maximum atomic E-state index is 13.6. The van der Waals surface area contributed by atoms with E-state index in [1.165, 1.54) is 6.20 Å². The molecule has 4 nitrogen and oxygen atoms in total. The molecule has 0 aliphatic carbocycles. The average molecular weight is 226 g/mol. The van der Waals surface area contributed by atoms with Gasteiger partial charge in [-0.15, -0.1) is 0 Å². The van der Waals surface area contributed by atoms with Gasteiger partial charge in [-0.3, -0.25) is 0 Å². The first-order valence-electron chi connectivity index (χ1n) is 5.57. The van der Waals surface area contributed by atoms with Crippen molar-refractivity contribution < 1.29 is 4.39 Å². The van der Waals surface area contributed by atoms with E-state index in [0.29, 0.717) is 17.8 Å². The van der Waals surface area contributed by atoms with Gasteiger partial charge in [0.05, 0.1) is 6.20 Å². The summed E-state index contributed by atoms with van der Waals surface area (Å²) in [5, 5.41) is 2.81. The molecule has 0 saturated heterocycles. The number of aromatic nitrogens is 2. The number of hydrogen-bond donors (Lipinski definition) is 1. The molecule has 0 bridgehead atoms. The highest BCUT2D eigenvalue weighted by atomic mass is 19.1. The van der Waals surface area contributed by atoms with Gasteiger partial charge in [0.15, 0.2) is 11.6 Å². The molecule has 0 spiro atoms. The molecule has 0 fully saturated rings. The van der Waals surface area contributed by atoms with Crippen LogP contribution in [-0.4, -0.2) is 30.1 Å². The van der Waals surface area contributed by atoms with Crippen LogP contribution in [0, 0.1) is 5.82 Å². The first-order chi connectivity index (χ1) is 7.63. The second-order valence-electron chi connectivity index (χ2n) is 3.70. The van der Waals surface area contributed by atoms with Crippen LogP contribution in [0.1, 0.15) is 26.7 Å². The molecule has 0 aliphatic rings. The van der Waals surface area contributed by atoms with Gasteiger partial charge in [-0.25, -0.2) is 9.37 Å². The highest BCUT2D eigenvalue weighted by Gasteiger charge is 2.17. The third-order valence-electron chi connectivity index (χ3n) is 2.77. The van der Waals surface area contributed by atoms with Crippen LogP contribution in [0.4, 0.5) is 16.2 Å². The lowest BCUT2D eigenvalue weighted by atomic mass is 10.1. The molecule has 1 N–H and O–H groups in total. The van der Waals surface area contributed by atoms with E-state index in [0.717, 1.165) is 12.8 Å². The molecule has 90 valence electrons. The molecule has 0 unspecified atom stereocenters. The van der Waals surface area contributed by atoms with Gasteiger partial charge >= 0.3 is 0 Å². The van der Waals surface area contributed by atoms with Gasteiger partial charge in [0.2, 0.25) is 5.95 Å². The van der Waals surface area contributed by atoms with Crippen molar-refractivity contribution in [1.29, 1.82) is 0 Å². The Morgan fingerprint density at radius 2 is 2.06 bits per heavy atom. The number of nitrogens with zero attached hydrogens (tertiary/aromatic N) is 3. The van der Waals surface area contributed by atoms with Crippen LogP contribution in [0.5, 0.6) is 0 Å². The van der Waals surface area contributed by atoms with Gasteiger partial charge in [0.25, 0.3) is 0 Å². The lowest BCUT2D eigenvalue weighted by Gasteiger charge is -2.27. The normalized spacial score (nSPS) is 10.6. The molecule has 1 aromatic rings. The Kier molecular flexibility index (Phi) is 4.46. The Labute approximate surface area is 95.9 Å². The van der Waals surface area contributed by atoms with Crippen molar-refractivity contribution in [2.45, 2.75) is 32.7 Å². The number of hydrogen-bond acceptors (Lipinski definition) is 4. The molecule has 0 radical (unpaired) electrons. The van der Waals surface area contributed by atoms with E-state index >= 15 is 0 Å². The molecular weight excluding hydrogens is 207 g/mol. The molecule has 0 saturated carbocycles. The van der Waals surface area contributed by atoms with Gasteiger partial charge in [-0.2, -0.15) is 4.98 Å².